The third-order valence-corrected chi connectivity index (χ3v) is 4.35. The first kappa shape index (κ1) is 17.2. The molecule has 6 heteroatoms. The summed E-state index contributed by atoms with van der Waals surface area (Å²) >= 11 is 4.02. The van der Waals surface area contributed by atoms with Gasteiger partial charge in [0.05, 0.1) is 7.14 Å². The summed E-state index contributed by atoms with van der Waals surface area (Å²) in [6.45, 7) is 3.85. The average molecular weight is 496 g/mol. The summed E-state index contributed by atoms with van der Waals surface area (Å²) < 4.78 is 1.36. The monoisotopic (exact) mass is 496 g/mol. The van der Waals surface area contributed by atoms with Gasteiger partial charge in [0, 0.05) is 6.04 Å². The Bertz CT molecular complexity index is 568. The van der Waals surface area contributed by atoms with E-state index >= 15 is 0 Å². The van der Waals surface area contributed by atoms with Gasteiger partial charge in [0.1, 0.15) is 17.4 Å². The van der Waals surface area contributed by atoms with E-state index in [1.165, 1.54) is 6.08 Å². The number of nitrogens with one attached hydrogen (secondary N) is 1. The van der Waals surface area contributed by atoms with Crippen LogP contribution in [0.2, 0.25) is 0 Å². The molecular weight excluding hydrogens is 482 g/mol. The zero-order chi connectivity index (χ0) is 15.3. The highest BCUT2D eigenvalue weighted by Crippen LogP contribution is 2.28. The fourth-order valence-electron chi connectivity index (χ4n) is 1.39. The molecule has 0 aliphatic heterocycles. The van der Waals surface area contributed by atoms with Crippen molar-refractivity contribution in [3.8, 4) is 11.8 Å². The van der Waals surface area contributed by atoms with E-state index in [-0.39, 0.29) is 23.3 Å². The molecule has 0 bridgehead atoms. The molecule has 1 rings (SSSR count). The van der Waals surface area contributed by atoms with Crippen molar-refractivity contribution in [2.24, 2.45) is 0 Å². The molecule has 1 aromatic carbocycles. The Morgan fingerprint density at radius 1 is 1.50 bits per heavy atom. The summed E-state index contributed by atoms with van der Waals surface area (Å²) in [5.74, 6) is -0.161. The van der Waals surface area contributed by atoms with E-state index in [0.717, 1.165) is 6.42 Å². The topological polar surface area (TPSA) is 73.1 Å². The van der Waals surface area contributed by atoms with Gasteiger partial charge in [0.25, 0.3) is 5.91 Å². The summed E-state index contributed by atoms with van der Waals surface area (Å²) in [6, 6.07) is 5.40. The molecule has 1 atom stereocenters. The van der Waals surface area contributed by atoms with Gasteiger partial charge >= 0.3 is 0 Å². The smallest absolute Gasteiger partial charge is 0.262 e. The summed E-state index contributed by atoms with van der Waals surface area (Å²) in [5.41, 5.74) is 0.773. The second-order valence-electron chi connectivity index (χ2n) is 4.29. The molecule has 20 heavy (non-hydrogen) atoms. The Morgan fingerprint density at radius 3 is 2.50 bits per heavy atom. The molecule has 2 N–H and O–H groups in total. The highest BCUT2D eigenvalue weighted by Gasteiger charge is 2.12. The van der Waals surface area contributed by atoms with Crippen LogP contribution in [0.4, 0.5) is 0 Å². The van der Waals surface area contributed by atoms with Crippen LogP contribution in [0.3, 0.4) is 0 Å². The maximum absolute atomic E-state index is 11.9. The molecule has 0 aliphatic rings. The van der Waals surface area contributed by atoms with E-state index in [0.29, 0.717) is 12.7 Å². The van der Waals surface area contributed by atoms with Gasteiger partial charge in [-0.3, -0.25) is 4.79 Å². The van der Waals surface area contributed by atoms with Crippen molar-refractivity contribution in [3.63, 3.8) is 0 Å². The van der Waals surface area contributed by atoms with Gasteiger partial charge in [-0.1, -0.05) is 6.92 Å². The van der Waals surface area contributed by atoms with Crippen molar-refractivity contribution in [3.05, 3.63) is 30.4 Å². The lowest BCUT2D eigenvalue weighted by atomic mass is 10.1. The first-order chi connectivity index (χ1) is 9.38. The average Bonchev–Trinajstić information content (AvgIpc) is 2.41. The lowest BCUT2D eigenvalue weighted by Gasteiger charge is -2.10. The molecule has 1 amide bonds. The van der Waals surface area contributed by atoms with Crippen LogP contribution in [0.5, 0.6) is 5.75 Å². The number of halogens is 2. The highest BCUT2D eigenvalue weighted by molar-refractivity contribution is 14.1. The molecule has 0 heterocycles. The standard InChI is InChI=1S/C14H14I2N2O2/c1-3-8(2)18-14(20)10(7-17)4-9-5-11(15)13(19)12(16)6-9/h4-6,8,19H,3H2,1-2H3,(H,18,20)/b10-4+/t8-/m1/s1. The fourth-order valence-corrected chi connectivity index (χ4v) is 3.20. The van der Waals surface area contributed by atoms with Crippen molar-refractivity contribution in [2.45, 2.75) is 26.3 Å². The van der Waals surface area contributed by atoms with Crippen LogP contribution in [-0.4, -0.2) is 17.1 Å². The van der Waals surface area contributed by atoms with Gasteiger partial charge in [0.15, 0.2) is 0 Å². The maximum atomic E-state index is 11.9. The molecule has 4 nitrogen and oxygen atoms in total. The number of nitrogens with zero attached hydrogens (tertiary/aromatic N) is 1. The van der Waals surface area contributed by atoms with Crippen LogP contribution >= 0.6 is 45.2 Å². The molecule has 0 fully saturated rings. The molecule has 106 valence electrons. The summed E-state index contributed by atoms with van der Waals surface area (Å²) in [5, 5.41) is 21.6. The SMILES string of the molecule is CC[C@@H](C)NC(=O)/C(C#N)=C/c1cc(I)c(O)c(I)c1. The van der Waals surface area contributed by atoms with Crippen molar-refractivity contribution in [1.29, 1.82) is 5.26 Å². The number of carbonyl (C=O) groups excluding carboxylic acids is 1. The van der Waals surface area contributed by atoms with Crippen molar-refractivity contribution in [2.75, 3.05) is 0 Å². The Kier molecular flexibility index (Phi) is 6.75. The minimum absolute atomic E-state index is 0.0272. The summed E-state index contributed by atoms with van der Waals surface area (Å²) in [7, 11) is 0. The number of aromatic hydroxyl groups is 1. The Morgan fingerprint density at radius 2 is 2.05 bits per heavy atom. The van der Waals surface area contributed by atoms with Crippen LogP contribution in [0.25, 0.3) is 6.08 Å². The first-order valence-electron chi connectivity index (χ1n) is 5.99. The zero-order valence-electron chi connectivity index (χ0n) is 11.1. The van der Waals surface area contributed by atoms with Crippen molar-refractivity contribution in [1.82, 2.24) is 5.32 Å². The quantitative estimate of drug-likeness (QED) is 0.382. The van der Waals surface area contributed by atoms with Gasteiger partial charge in [-0.15, -0.1) is 0 Å². The molecule has 0 unspecified atom stereocenters. The van der Waals surface area contributed by atoms with Crippen LogP contribution in [-0.2, 0) is 4.79 Å². The molecule has 0 saturated carbocycles. The second kappa shape index (κ2) is 7.83. The van der Waals surface area contributed by atoms with E-state index in [1.807, 2.05) is 65.1 Å². The van der Waals surface area contributed by atoms with E-state index in [9.17, 15) is 9.90 Å². The van der Waals surface area contributed by atoms with E-state index in [2.05, 4.69) is 5.32 Å². The molecule has 0 aliphatic carbocycles. The number of carbonyl (C=O) groups is 1. The number of rotatable bonds is 4. The van der Waals surface area contributed by atoms with E-state index in [4.69, 9.17) is 5.26 Å². The van der Waals surface area contributed by atoms with E-state index < -0.39 is 0 Å². The predicted octanol–water partition coefficient (Wildman–Crippen LogP) is 3.42. The predicted molar refractivity (Wildman–Crippen MR) is 95.0 cm³/mol. The van der Waals surface area contributed by atoms with Crippen LogP contribution in [0.1, 0.15) is 25.8 Å². The second-order valence-corrected chi connectivity index (χ2v) is 6.61. The number of hydrogen-bond donors (Lipinski definition) is 2. The number of nitriles is 1. The number of phenolic OH excluding ortho intramolecular Hbond substituents is 1. The lowest BCUT2D eigenvalue weighted by Crippen LogP contribution is -2.32. The van der Waals surface area contributed by atoms with Crippen LogP contribution in [0, 0.1) is 18.5 Å². The third-order valence-electron chi connectivity index (χ3n) is 2.71. The molecule has 0 spiro atoms. The minimum Gasteiger partial charge on any atom is -0.506 e. The molecule has 0 radical (unpaired) electrons. The third kappa shape index (κ3) is 4.63. The van der Waals surface area contributed by atoms with Crippen LogP contribution in [0.15, 0.2) is 17.7 Å². The van der Waals surface area contributed by atoms with Crippen molar-refractivity contribution >= 4 is 57.2 Å². The van der Waals surface area contributed by atoms with Crippen LogP contribution < -0.4 is 5.32 Å². The van der Waals surface area contributed by atoms with Gasteiger partial charge in [-0.2, -0.15) is 5.26 Å². The van der Waals surface area contributed by atoms with Gasteiger partial charge in [-0.05, 0) is 82.3 Å². The maximum Gasteiger partial charge on any atom is 0.262 e. The molecule has 0 aromatic heterocycles. The van der Waals surface area contributed by atoms with Gasteiger partial charge in [0.2, 0.25) is 0 Å². The summed E-state index contributed by atoms with van der Waals surface area (Å²) in [6.07, 6.45) is 2.33. The largest absolute Gasteiger partial charge is 0.506 e. The number of hydrogen-bond acceptors (Lipinski definition) is 3. The zero-order valence-corrected chi connectivity index (χ0v) is 15.4. The lowest BCUT2D eigenvalue weighted by molar-refractivity contribution is -0.117. The Labute approximate surface area is 145 Å². The molecule has 0 saturated heterocycles. The normalized spacial score (nSPS) is 12.7. The fraction of sp³-hybridized carbons (Fsp3) is 0.286. The first-order valence-corrected chi connectivity index (χ1v) is 8.15. The van der Waals surface area contributed by atoms with Gasteiger partial charge < -0.3 is 10.4 Å². The number of benzene rings is 1. The highest BCUT2D eigenvalue weighted by atomic mass is 127. The molecule has 1 aromatic rings. The summed E-state index contributed by atoms with van der Waals surface area (Å²) in [4.78, 5) is 11.9. The van der Waals surface area contributed by atoms with Gasteiger partial charge in [-0.25, -0.2) is 0 Å². The molecular formula is C14H14I2N2O2. The Balaban J connectivity index is 3.07. The minimum atomic E-state index is -0.375. The van der Waals surface area contributed by atoms with Crippen molar-refractivity contribution < 1.29 is 9.90 Å². The van der Waals surface area contributed by atoms with E-state index in [1.54, 1.807) is 12.1 Å². The number of amides is 1. The Hall–Kier alpha value is -0.820. The number of phenols is 1.